The lowest BCUT2D eigenvalue weighted by Gasteiger charge is -2.20. The number of β-amino-alcohol motifs (C(OH)–C–C–N with tert-alkyl or cyclic N) is 1. The van der Waals surface area contributed by atoms with Crippen LogP contribution in [-0.4, -0.2) is 45.0 Å². The van der Waals surface area contributed by atoms with Gasteiger partial charge in [-0.1, -0.05) is 24.3 Å². The zero-order chi connectivity index (χ0) is 17.3. The van der Waals surface area contributed by atoms with Crippen molar-refractivity contribution in [1.29, 1.82) is 0 Å². The Morgan fingerprint density at radius 3 is 2.67 bits per heavy atom. The van der Waals surface area contributed by atoms with Crippen LogP contribution in [0.3, 0.4) is 0 Å². The van der Waals surface area contributed by atoms with Gasteiger partial charge in [-0.25, -0.2) is 4.98 Å². The van der Waals surface area contributed by atoms with Crippen LogP contribution < -0.4 is 5.32 Å². The summed E-state index contributed by atoms with van der Waals surface area (Å²) in [4.78, 5) is 17.7. The predicted molar refractivity (Wildman–Crippen MR) is 91.7 cm³/mol. The molecule has 0 spiro atoms. The molecule has 1 aromatic heterocycles. The van der Waals surface area contributed by atoms with E-state index in [1.54, 1.807) is 11.3 Å². The minimum absolute atomic E-state index is 0.107. The first-order valence-corrected chi connectivity index (χ1v) is 8.78. The Hall–Kier alpha value is -1.80. The van der Waals surface area contributed by atoms with Crippen molar-refractivity contribution in [3.8, 4) is 10.4 Å². The van der Waals surface area contributed by atoms with Crippen LogP contribution >= 0.6 is 11.3 Å². The molecule has 1 unspecified atom stereocenters. The molecule has 128 valence electrons. The molecular weight excluding hydrogens is 326 g/mol. The van der Waals surface area contributed by atoms with Crippen LogP contribution in [0, 0.1) is 6.92 Å². The third-order valence-corrected chi connectivity index (χ3v) is 5.31. The van der Waals surface area contributed by atoms with Gasteiger partial charge in [0.2, 0.25) is 5.91 Å². The number of aromatic nitrogens is 1. The second-order valence-corrected chi connectivity index (χ2v) is 7.00. The molecule has 0 saturated carbocycles. The summed E-state index contributed by atoms with van der Waals surface area (Å²) in [5, 5.41) is 23.0. The van der Waals surface area contributed by atoms with Crippen molar-refractivity contribution in [3.63, 3.8) is 0 Å². The van der Waals surface area contributed by atoms with Gasteiger partial charge in [0.25, 0.3) is 0 Å². The maximum atomic E-state index is 12.3. The highest BCUT2D eigenvalue weighted by molar-refractivity contribution is 7.13. The molecule has 1 fully saturated rings. The number of aliphatic hydroxyl groups excluding tert-OH is 1. The van der Waals surface area contributed by atoms with Crippen molar-refractivity contribution < 1.29 is 15.1 Å². The van der Waals surface area contributed by atoms with Gasteiger partial charge in [-0.2, -0.15) is 5.06 Å². The predicted octanol–water partition coefficient (Wildman–Crippen LogP) is 2.12. The highest BCUT2D eigenvalue weighted by Gasteiger charge is 2.35. The first kappa shape index (κ1) is 17.0. The molecule has 24 heavy (non-hydrogen) atoms. The van der Waals surface area contributed by atoms with Crippen molar-refractivity contribution in [2.75, 3.05) is 6.54 Å². The number of amides is 1. The fraction of sp³-hybridized carbons (Fsp3) is 0.412. The van der Waals surface area contributed by atoms with Crippen LogP contribution in [0.5, 0.6) is 0 Å². The van der Waals surface area contributed by atoms with E-state index in [9.17, 15) is 15.1 Å². The number of rotatable bonds is 4. The third kappa shape index (κ3) is 3.49. The maximum Gasteiger partial charge on any atom is 0.240 e. The molecular formula is C17H21N3O3S. The van der Waals surface area contributed by atoms with E-state index in [-0.39, 0.29) is 24.9 Å². The van der Waals surface area contributed by atoms with Crippen LogP contribution in [0.1, 0.15) is 30.6 Å². The molecule has 2 heterocycles. The summed E-state index contributed by atoms with van der Waals surface area (Å²) < 4.78 is 0. The average Bonchev–Trinajstić information content (AvgIpc) is 3.12. The maximum absolute atomic E-state index is 12.3. The molecule has 1 aliphatic rings. The molecule has 3 N–H and O–H groups in total. The zero-order valence-electron chi connectivity index (χ0n) is 13.6. The summed E-state index contributed by atoms with van der Waals surface area (Å²) in [5.74, 6) is -0.274. The summed E-state index contributed by atoms with van der Waals surface area (Å²) in [7, 11) is 0. The zero-order valence-corrected chi connectivity index (χ0v) is 14.5. The van der Waals surface area contributed by atoms with Gasteiger partial charge in [-0.05, 0) is 25.0 Å². The van der Waals surface area contributed by atoms with Crippen LogP contribution in [-0.2, 0) is 4.79 Å². The lowest BCUT2D eigenvalue weighted by atomic mass is 10.0. The number of carbonyl (C=O) groups excluding carboxylic acids is 1. The molecule has 3 rings (SSSR count). The van der Waals surface area contributed by atoms with Crippen LogP contribution in [0.25, 0.3) is 10.4 Å². The molecule has 7 heteroatoms. The number of hydrogen-bond acceptors (Lipinski definition) is 6. The minimum atomic E-state index is -0.693. The van der Waals surface area contributed by atoms with Crippen molar-refractivity contribution in [2.45, 2.75) is 38.5 Å². The first-order chi connectivity index (χ1) is 11.5. The highest BCUT2D eigenvalue weighted by Crippen LogP contribution is 2.28. The minimum Gasteiger partial charge on any atom is -0.392 e. The van der Waals surface area contributed by atoms with Crippen molar-refractivity contribution in [2.24, 2.45) is 0 Å². The number of thiazole rings is 1. The van der Waals surface area contributed by atoms with E-state index in [0.717, 1.165) is 26.8 Å². The first-order valence-electron chi connectivity index (χ1n) is 7.90. The van der Waals surface area contributed by atoms with Crippen molar-refractivity contribution in [3.05, 3.63) is 41.0 Å². The fourth-order valence-corrected chi connectivity index (χ4v) is 3.75. The van der Waals surface area contributed by atoms with Gasteiger partial charge >= 0.3 is 0 Å². The molecule has 0 aliphatic carbocycles. The number of carbonyl (C=O) groups is 1. The molecule has 1 amide bonds. The largest absolute Gasteiger partial charge is 0.392 e. The summed E-state index contributed by atoms with van der Waals surface area (Å²) >= 11 is 1.61. The van der Waals surface area contributed by atoms with Gasteiger partial charge in [-0.3, -0.25) is 4.79 Å². The number of nitrogens with zero attached hydrogens (tertiary/aromatic N) is 2. The topological polar surface area (TPSA) is 85.7 Å². The van der Waals surface area contributed by atoms with Gasteiger partial charge in [0.15, 0.2) is 0 Å². The molecule has 1 aliphatic heterocycles. The Balaban J connectivity index is 1.66. The summed E-state index contributed by atoms with van der Waals surface area (Å²) in [6, 6.07) is 7.15. The number of benzene rings is 1. The van der Waals surface area contributed by atoms with Gasteiger partial charge < -0.3 is 15.6 Å². The summed E-state index contributed by atoms with van der Waals surface area (Å²) in [6.45, 7) is 3.99. The second kappa shape index (κ2) is 6.98. The molecule has 1 aromatic carbocycles. The van der Waals surface area contributed by atoms with E-state index in [1.165, 1.54) is 0 Å². The monoisotopic (exact) mass is 347 g/mol. The van der Waals surface area contributed by atoms with E-state index in [2.05, 4.69) is 10.3 Å². The number of hydroxylamine groups is 2. The molecule has 3 atom stereocenters. The Morgan fingerprint density at radius 2 is 2.12 bits per heavy atom. The van der Waals surface area contributed by atoms with E-state index >= 15 is 0 Å². The molecule has 2 aromatic rings. The summed E-state index contributed by atoms with van der Waals surface area (Å²) in [6.07, 6.45) is -0.415. The standard InChI is InChI=1S/C17H21N3O3S/c1-10(19-17(22)15-7-14(21)8-20(15)23)12-3-5-13(6-4-12)16-11(2)18-9-24-16/h3-6,9-10,14-15,21,23H,7-8H2,1-2H3,(H,19,22)/t10-,14+,15?/m0/s1. The van der Waals surface area contributed by atoms with Crippen LogP contribution in [0.15, 0.2) is 29.8 Å². The Kier molecular flexibility index (Phi) is 4.96. The van der Waals surface area contributed by atoms with E-state index in [0.29, 0.717) is 0 Å². The van der Waals surface area contributed by atoms with Gasteiger partial charge in [0.1, 0.15) is 6.04 Å². The van der Waals surface area contributed by atoms with E-state index in [4.69, 9.17) is 0 Å². The van der Waals surface area contributed by atoms with Crippen molar-refractivity contribution in [1.82, 2.24) is 15.4 Å². The highest BCUT2D eigenvalue weighted by atomic mass is 32.1. The number of aliphatic hydroxyl groups is 1. The van der Waals surface area contributed by atoms with Gasteiger partial charge in [0, 0.05) is 6.42 Å². The van der Waals surface area contributed by atoms with Crippen LogP contribution in [0.2, 0.25) is 0 Å². The number of nitrogens with one attached hydrogen (secondary N) is 1. The van der Waals surface area contributed by atoms with Crippen LogP contribution in [0.4, 0.5) is 0 Å². The average molecular weight is 347 g/mol. The van der Waals surface area contributed by atoms with E-state index < -0.39 is 12.1 Å². The second-order valence-electron chi connectivity index (χ2n) is 6.15. The Morgan fingerprint density at radius 1 is 1.42 bits per heavy atom. The smallest absolute Gasteiger partial charge is 0.240 e. The Labute approximate surface area is 144 Å². The number of aryl methyl sites for hydroxylation is 1. The molecule has 6 nitrogen and oxygen atoms in total. The molecule has 0 radical (unpaired) electrons. The summed E-state index contributed by atoms with van der Waals surface area (Å²) in [5.41, 5.74) is 4.94. The molecule has 0 bridgehead atoms. The third-order valence-electron chi connectivity index (χ3n) is 4.33. The van der Waals surface area contributed by atoms with Gasteiger partial charge in [-0.15, -0.1) is 11.3 Å². The SMILES string of the molecule is Cc1ncsc1-c1ccc([C@H](C)NC(=O)C2C[C@@H](O)CN2O)cc1. The van der Waals surface area contributed by atoms with E-state index in [1.807, 2.05) is 43.6 Å². The Bertz CT molecular complexity index is 716. The van der Waals surface area contributed by atoms with Gasteiger partial charge in [0.05, 0.1) is 34.8 Å². The lowest BCUT2D eigenvalue weighted by Crippen LogP contribution is -2.42. The van der Waals surface area contributed by atoms with Crippen molar-refractivity contribution >= 4 is 17.2 Å². The fourth-order valence-electron chi connectivity index (χ4n) is 2.93. The number of hydrogen-bond donors (Lipinski definition) is 3. The molecule has 1 saturated heterocycles. The lowest BCUT2D eigenvalue weighted by molar-refractivity contribution is -0.146. The quantitative estimate of drug-likeness (QED) is 0.789. The normalized spacial score (nSPS) is 22.5.